The lowest BCUT2D eigenvalue weighted by Crippen LogP contribution is -1.97. The highest BCUT2D eigenvalue weighted by Crippen LogP contribution is 2.24. The number of benzene rings is 2. The number of aromatic nitrogens is 1. The molecule has 7 heteroatoms. The molecule has 0 unspecified atom stereocenters. The van der Waals surface area contributed by atoms with Crippen LogP contribution in [-0.4, -0.2) is 11.2 Å². The number of hydrogen-bond donors (Lipinski definition) is 1. The number of rotatable bonds is 4. The Kier molecular flexibility index (Phi) is 4.97. The molecule has 0 aliphatic rings. The molecule has 0 aliphatic heterocycles. The Morgan fingerprint density at radius 3 is 2.52 bits per heavy atom. The predicted octanol–water partition coefficient (Wildman–Crippen LogP) is 5.14. The second-order valence-corrected chi connectivity index (χ2v) is 6.66. The Bertz CT molecular complexity index is 827. The van der Waals surface area contributed by atoms with Gasteiger partial charge in [0.15, 0.2) is 0 Å². The summed E-state index contributed by atoms with van der Waals surface area (Å²) in [5.74, 6) is -1.30. The van der Waals surface area contributed by atoms with Gasteiger partial charge in [0.2, 0.25) is 5.13 Å². The van der Waals surface area contributed by atoms with Crippen molar-refractivity contribution in [1.29, 1.82) is 0 Å². The molecule has 1 N–H and O–H groups in total. The van der Waals surface area contributed by atoms with Gasteiger partial charge in [-0.15, -0.1) is 11.3 Å². The van der Waals surface area contributed by atoms with Crippen molar-refractivity contribution in [1.82, 2.24) is 4.98 Å². The lowest BCUT2D eigenvalue weighted by atomic mass is 10.2. The summed E-state index contributed by atoms with van der Waals surface area (Å²) < 4.78 is 27.9. The van der Waals surface area contributed by atoms with Crippen molar-refractivity contribution in [2.45, 2.75) is 0 Å². The first-order valence-electron chi connectivity index (χ1n) is 6.58. The Morgan fingerprint density at radius 1 is 1.13 bits per heavy atom. The molecule has 0 saturated heterocycles. The predicted molar refractivity (Wildman–Crippen MR) is 97.8 cm³/mol. The molecule has 2 aromatic carbocycles. The molecule has 0 atom stereocenters. The Morgan fingerprint density at radius 2 is 1.83 bits per heavy atom. The molecule has 0 aliphatic carbocycles. The maximum Gasteiger partial charge on any atom is 0.203 e. The fourth-order valence-electron chi connectivity index (χ4n) is 1.90. The first-order chi connectivity index (χ1) is 11.1. The zero-order chi connectivity index (χ0) is 16.2. The molecule has 0 spiro atoms. The third-order valence-electron chi connectivity index (χ3n) is 2.97. The topological polar surface area (TPSA) is 37.3 Å². The molecule has 23 heavy (non-hydrogen) atoms. The van der Waals surface area contributed by atoms with E-state index in [1.807, 2.05) is 58.3 Å². The molecule has 0 radical (unpaired) electrons. The van der Waals surface area contributed by atoms with E-state index in [2.05, 4.69) is 15.5 Å². The van der Waals surface area contributed by atoms with E-state index >= 15 is 0 Å². The molecule has 116 valence electrons. The average molecular weight is 441 g/mol. The number of hydrazone groups is 1. The number of hydrogen-bond acceptors (Lipinski definition) is 4. The number of nitrogens with one attached hydrogen (secondary N) is 1. The smallest absolute Gasteiger partial charge is 0.203 e. The quantitative estimate of drug-likeness (QED) is 0.346. The summed E-state index contributed by atoms with van der Waals surface area (Å²) in [5, 5.41) is 6.30. The van der Waals surface area contributed by atoms with Crippen molar-refractivity contribution in [3.05, 3.63) is 68.6 Å². The summed E-state index contributed by atoms with van der Waals surface area (Å²) >= 11 is 3.22. The highest BCUT2D eigenvalue weighted by Gasteiger charge is 2.08. The molecule has 0 bridgehead atoms. The van der Waals surface area contributed by atoms with E-state index in [0.29, 0.717) is 8.70 Å². The van der Waals surface area contributed by atoms with Crippen LogP contribution in [0.15, 0.2) is 52.9 Å². The van der Waals surface area contributed by atoms with E-state index in [4.69, 9.17) is 0 Å². The van der Waals surface area contributed by atoms with Gasteiger partial charge in [-0.25, -0.2) is 13.8 Å². The Balaban J connectivity index is 1.73. The number of halogens is 3. The first kappa shape index (κ1) is 16.0. The molecule has 0 saturated carbocycles. The van der Waals surface area contributed by atoms with Gasteiger partial charge < -0.3 is 0 Å². The average Bonchev–Trinajstić information content (AvgIpc) is 2.99. The third kappa shape index (κ3) is 3.91. The van der Waals surface area contributed by atoms with Crippen molar-refractivity contribution >= 4 is 45.3 Å². The van der Waals surface area contributed by atoms with E-state index in [-0.39, 0.29) is 5.56 Å². The largest absolute Gasteiger partial charge is 0.253 e. The molecule has 1 aromatic heterocycles. The van der Waals surface area contributed by atoms with Crippen molar-refractivity contribution in [3.8, 4) is 11.3 Å². The van der Waals surface area contributed by atoms with Gasteiger partial charge in [-0.2, -0.15) is 5.10 Å². The van der Waals surface area contributed by atoms with Gasteiger partial charge in [-0.1, -0.05) is 30.3 Å². The van der Waals surface area contributed by atoms with Crippen LogP contribution in [0.5, 0.6) is 0 Å². The summed E-state index contributed by atoms with van der Waals surface area (Å²) in [6.45, 7) is 0. The van der Waals surface area contributed by atoms with Crippen LogP contribution in [0.4, 0.5) is 13.9 Å². The third-order valence-corrected chi connectivity index (χ3v) is 4.34. The van der Waals surface area contributed by atoms with Crippen LogP contribution in [-0.2, 0) is 0 Å². The van der Waals surface area contributed by atoms with Gasteiger partial charge in [0.1, 0.15) is 11.6 Å². The molecular weight excluding hydrogens is 431 g/mol. The summed E-state index contributed by atoms with van der Waals surface area (Å²) in [6.07, 6.45) is 1.12. The fraction of sp³-hybridized carbons (Fsp3) is 0. The monoisotopic (exact) mass is 441 g/mol. The van der Waals surface area contributed by atoms with Gasteiger partial charge >= 0.3 is 0 Å². The second kappa shape index (κ2) is 7.14. The van der Waals surface area contributed by atoms with E-state index in [1.54, 1.807) is 0 Å². The Labute approximate surface area is 149 Å². The minimum absolute atomic E-state index is 0.183. The molecule has 3 aromatic rings. The van der Waals surface area contributed by atoms with Crippen LogP contribution in [0.25, 0.3) is 11.3 Å². The maximum absolute atomic E-state index is 13.7. The molecule has 1 heterocycles. The summed E-state index contributed by atoms with van der Waals surface area (Å²) in [5.41, 5.74) is 4.33. The molecule has 0 amide bonds. The van der Waals surface area contributed by atoms with Crippen molar-refractivity contribution in [2.75, 3.05) is 5.43 Å². The van der Waals surface area contributed by atoms with Crippen LogP contribution in [0, 0.1) is 15.2 Å². The normalized spacial score (nSPS) is 11.1. The molecule has 0 fully saturated rings. The zero-order valence-electron chi connectivity index (χ0n) is 11.6. The number of nitrogens with zero attached hydrogens (tertiary/aromatic N) is 2. The SMILES string of the molecule is Fc1cc(I)cc(F)c1C=NNc1nc(-c2ccccc2)cs1. The summed E-state index contributed by atoms with van der Waals surface area (Å²) in [6, 6.07) is 12.2. The van der Waals surface area contributed by atoms with Crippen LogP contribution < -0.4 is 5.43 Å². The van der Waals surface area contributed by atoms with E-state index in [9.17, 15) is 8.78 Å². The van der Waals surface area contributed by atoms with E-state index in [1.165, 1.54) is 23.5 Å². The highest BCUT2D eigenvalue weighted by molar-refractivity contribution is 14.1. The number of anilines is 1. The first-order valence-corrected chi connectivity index (χ1v) is 8.54. The van der Waals surface area contributed by atoms with Gasteiger partial charge in [0.05, 0.1) is 17.5 Å². The lowest BCUT2D eigenvalue weighted by molar-refractivity contribution is 0.578. The van der Waals surface area contributed by atoms with Crippen LogP contribution in [0.1, 0.15) is 5.56 Å². The minimum atomic E-state index is -0.649. The van der Waals surface area contributed by atoms with Gasteiger partial charge in [-0.05, 0) is 34.7 Å². The summed E-state index contributed by atoms with van der Waals surface area (Å²) in [7, 11) is 0. The molecular formula is C16H10F2IN3S. The van der Waals surface area contributed by atoms with E-state index in [0.717, 1.165) is 17.5 Å². The standard InChI is InChI=1S/C16H10F2IN3S/c17-13-6-11(19)7-14(18)12(13)8-20-22-16-21-15(9-23-16)10-4-2-1-3-5-10/h1-9H,(H,21,22). The van der Waals surface area contributed by atoms with Gasteiger partial charge in [0, 0.05) is 14.5 Å². The highest BCUT2D eigenvalue weighted by atomic mass is 127. The fourth-order valence-corrected chi connectivity index (χ4v) is 3.11. The zero-order valence-corrected chi connectivity index (χ0v) is 14.6. The van der Waals surface area contributed by atoms with Crippen LogP contribution in [0.2, 0.25) is 0 Å². The number of thiazole rings is 1. The second-order valence-electron chi connectivity index (χ2n) is 4.56. The van der Waals surface area contributed by atoms with E-state index < -0.39 is 11.6 Å². The maximum atomic E-state index is 13.7. The van der Waals surface area contributed by atoms with Crippen molar-refractivity contribution < 1.29 is 8.78 Å². The van der Waals surface area contributed by atoms with Crippen molar-refractivity contribution in [2.24, 2.45) is 5.10 Å². The van der Waals surface area contributed by atoms with Crippen LogP contribution >= 0.6 is 33.9 Å². The van der Waals surface area contributed by atoms with Crippen molar-refractivity contribution in [3.63, 3.8) is 0 Å². The molecule has 3 rings (SSSR count). The minimum Gasteiger partial charge on any atom is -0.253 e. The Hall–Kier alpha value is -1.87. The van der Waals surface area contributed by atoms with Crippen LogP contribution in [0.3, 0.4) is 0 Å². The van der Waals surface area contributed by atoms with Gasteiger partial charge in [-0.3, -0.25) is 5.43 Å². The summed E-state index contributed by atoms with van der Waals surface area (Å²) in [4.78, 5) is 4.38. The van der Waals surface area contributed by atoms with Gasteiger partial charge in [0.25, 0.3) is 0 Å². The molecule has 3 nitrogen and oxygen atoms in total. The lowest BCUT2D eigenvalue weighted by Gasteiger charge is -2.00.